The van der Waals surface area contributed by atoms with Crippen LogP contribution >= 0.6 is 0 Å². The van der Waals surface area contributed by atoms with Crippen molar-refractivity contribution in [1.82, 2.24) is 5.32 Å². The summed E-state index contributed by atoms with van der Waals surface area (Å²) < 4.78 is 0. The Bertz CT molecular complexity index is 422. The van der Waals surface area contributed by atoms with Gasteiger partial charge in [-0.15, -0.1) is 0 Å². The van der Waals surface area contributed by atoms with Crippen molar-refractivity contribution >= 4 is 0 Å². The minimum absolute atomic E-state index is 0.274. The van der Waals surface area contributed by atoms with Crippen molar-refractivity contribution < 1.29 is 0 Å². The summed E-state index contributed by atoms with van der Waals surface area (Å²) in [5, 5.41) is 3.37. The fraction of sp³-hybridized carbons (Fsp3) is 0.250. The highest BCUT2D eigenvalue weighted by Crippen LogP contribution is 2.22. The summed E-state index contributed by atoms with van der Waals surface area (Å²) >= 11 is 0. The van der Waals surface area contributed by atoms with E-state index in [0.29, 0.717) is 0 Å². The van der Waals surface area contributed by atoms with Gasteiger partial charge in [0.05, 0.1) is 6.04 Å². The zero-order valence-corrected chi connectivity index (χ0v) is 10.7. The van der Waals surface area contributed by atoms with E-state index in [1.165, 1.54) is 22.3 Å². The molecule has 2 aromatic carbocycles. The van der Waals surface area contributed by atoms with Gasteiger partial charge < -0.3 is 5.32 Å². The second-order valence-electron chi connectivity index (χ2n) is 4.54. The van der Waals surface area contributed by atoms with Gasteiger partial charge in [0.2, 0.25) is 0 Å². The van der Waals surface area contributed by atoms with Gasteiger partial charge in [-0.2, -0.15) is 0 Å². The average Bonchev–Trinajstić information content (AvgIpc) is 2.35. The van der Waals surface area contributed by atoms with Gasteiger partial charge >= 0.3 is 0 Å². The van der Waals surface area contributed by atoms with Crippen LogP contribution in [0, 0.1) is 13.8 Å². The van der Waals surface area contributed by atoms with E-state index in [4.69, 9.17) is 0 Å². The third-order valence-corrected chi connectivity index (χ3v) is 3.11. The smallest absolute Gasteiger partial charge is 0.0574 e. The lowest BCUT2D eigenvalue weighted by Gasteiger charge is -2.17. The van der Waals surface area contributed by atoms with E-state index >= 15 is 0 Å². The standard InChI is InChI=1S/C16H19N/c1-12-4-8-14(9-5-12)16(17-3)15-10-6-13(2)7-11-15/h4-11,16-17H,1-3H3. The molecule has 1 nitrogen and oxygen atoms in total. The average molecular weight is 225 g/mol. The summed E-state index contributed by atoms with van der Waals surface area (Å²) in [6, 6.07) is 17.7. The molecule has 2 rings (SSSR count). The molecule has 1 heteroatoms. The number of hydrogen-bond donors (Lipinski definition) is 1. The maximum atomic E-state index is 3.37. The topological polar surface area (TPSA) is 12.0 Å². The lowest BCUT2D eigenvalue weighted by Crippen LogP contribution is -2.17. The Morgan fingerprint density at radius 3 is 1.35 bits per heavy atom. The first kappa shape index (κ1) is 11.9. The summed E-state index contributed by atoms with van der Waals surface area (Å²) in [6.07, 6.45) is 0. The summed E-state index contributed by atoms with van der Waals surface area (Å²) in [7, 11) is 2.00. The van der Waals surface area contributed by atoms with Crippen molar-refractivity contribution in [2.45, 2.75) is 19.9 Å². The maximum Gasteiger partial charge on any atom is 0.0574 e. The first-order valence-electron chi connectivity index (χ1n) is 6.01. The van der Waals surface area contributed by atoms with Gasteiger partial charge in [0.25, 0.3) is 0 Å². The second-order valence-corrected chi connectivity index (χ2v) is 4.54. The first-order chi connectivity index (χ1) is 8.20. The lowest BCUT2D eigenvalue weighted by atomic mass is 9.97. The molecular weight excluding hydrogens is 206 g/mol. The van der Waals surface area contributed by atoms with Crippen molar-refractivity contribution in [3.05, 3.63) is 70.8 Å². The number of aryl methyl sites for hydroxylation is 2. The molecule has 0 atom stereocenters. The first-order valence-corrected chi connectivity index (χ1v) is 6.01. The molecule has 0 aliphatic rings. The Morgan fingerprint density at radius 2 is 1.06 bits per heavy atom. The molecule has 0 spiro atoms. The molecule has 0 fully saturated rings. The van der Waals surface area contributed by atoms with E-state index in [1.807, 2.05) is 7.05 Å². The van der Waals surface area contributed by atoms with Gasteiger partial charge in [-0.3, -0.25) is 0 Å². The van der Waals surface area contributed by atoms with Crippen LogP contribution in [0.25, 0.3) is 0 Å². The van der Waals surface area contributed by atoms with Crippen molar-refractivity contribution in [1.29, 1.82) is 0 Å². The van der Waals surface area contributed by atoms with Crippen LogP contribution in [0.1, 0.15) is 28.3 Å². The Hall–Kier alpha value is -1.60. The second kappa shape index (κ2) is 5.15. The number of benzene rings is 2. The van der Waals surface area contributed by atoms with E-state index in [2.05, 4.69) is 67.7 Å². The highest BCUT2D eigenvalue weighted by atomic mass is 14.9. The predicted octanol–water partition coefficient (Wildman–Crippen LogP) is 3.61. The molecule has 0 aliphatic carbocycles. The normalized spacial score (nSPS) is 10.8. The Morgan fingerprint density at radius 1 is 0.706 bits per heavy atom. The van der Waals surface area contributed by atoms with Crippen LogP contribution in [-0.4, -0.2) is 7.05 Å². The zero-order valence-electron chi connectivity index (χ0n) is 10.7. The van der Waals surface area contributed by atoms with E-state index in [-0.39, 0.29) is 6.04 Å². The third-order valence-electron chi connectivity index (χ3n) is 3.11. The molecule has 0 saturated carbocycles. The van der Waals surface area contributed by atoms with Crippen LogP contribution in [0.4, 0.5) is 0 Å². The Balaban J connectivity index is 2.33. The summed E-state index contributed by atoms with van der Waals surface area (Å²) in [6.45, 7) is 4.23. The highest BCUT2D eigenvalue weighted by molar-refractivity contribution is 5.34. The van der Waals surface area contributed by atoms with Crippen LogP contribution in [0.5, 0.6) is 0 Å². The molecule has 0 radical (unpaired) electrons. The fourth-order valence-corrected chi connectivity index (χ4v) is 2.04. The van der Waals surface area contributed by atoms with Crippen molar-refractivity contribution in [2.75, 3.05) is 7.05 Å². The molecule has 2 aromatic rings. The number of hydrogen-bond acceptors (Lipinski definition) is 1. The van der Waals surface area contributed by atoms with Gasteiger partial charge in [0.15, 0.2) is 0 Å². The SMILES string of the molecule is CNC(c1ccc(C)cc1)c1ccc(C)cc1. The molecule has 0 bridgehead atoms. The maximum absolute atomic E-state index is 3.37. The zero-order chi connectivity index (χ0) is 12.3. The van der Waals surface area contributed by atoms with Crippen molar-refractivity contribution in [2.24, 2.45) is 0 Å². The fourth-order valence-electron chi connectivity index (χ4n) is 2.04. The van der Waals surface area contributed by atoms with Gasteiger partial charge in [-0.25, -0.2) is 0 Å². The van der Waals surface area contributed by atoms with Crippen LogP contribution in [-0.2, 0) is 0 Å². The summed E-state index contributed by atoms with van der Waals surface area (Å²) in [5.74, 6) is 0. The highest BCUT2D eigenvalue weighted by Gasteiger charge is 2.10. The third kappa shape index (κ3) is 2.75. The molecular formula is C16H19N. The molecule has 0 heterocycles. The number of rotatable bonds is 3. The minimum Gasteiger partial charge on any atom is -0.309 e. The minimum atomic E-state index is 0.274. The van der Waals surface area contributed by atoms with Crippen LogP contribution < -0.4 is 5.32 Å². The predicted molar refractivity (Wildman–Crippen MR) is 73.3 cm³/mol. The van der Waals surface area contributed by atoms with Crippen molar-refractivity contribution in [3.63, 3.8) is 0 Å². The monoisotopic (exact) mass is 225 g/mol. The van der Waals surface area contributed by atoms with Crippen LogP contribution in [0.15, 0.2) is 48.5 Å². The summed E-state index contributed by atoms with van der Waals surface area (Å²) in [4.78, 5) is 0. The molecule has 0 aromatic heterocycles. The Kier molecular flexibility index (Phi) is 3.60. The molecule has 0 aliphatic heterocycles. The molecule has 0 saturated heterocycles. The Labute approximate surface area is 103 Å². The van der Waals surface area contributed by atoms with E-state index in [9.17, 15) is 0 Å². The van der Waals surface area contributed by atoms with Crippen molar-refractivity contribution in [3.8, 4) is 0 Å². The largest absolute Gasteiger partial charge is 0.309 e. The molecule has 0 unspecified atom stereocenters. The van der Waals surface area contributed by atoms with Crippen LogP contribution in [0.2, 0.25) is 0 Å². The van der Waals surface area contributed by atoms with E-state index < -0.39 is 0 Å². The number of nitrogens with one attached hydrogen (secondary N) is 1. The van der Waals surface area contributed by atoms with E-state index in [0.717, 1.165) is 0 Å². The van der Waals surface area contributed by atoms with Gasteiger partial charge in [0, 0.05) is 0 Å². The molecule has 17 heavy (non-hydrogen) atoms. The molecule has 88 valence electrons. The molecule has 1 N–H and O–H groups in total. The lowest BCUT2D eigenvalue weighted by molar-refractivity contribution is 0.691. The quantitative estimate of drug-likeness (QED) is 0.841. The van der Waals surface area contributed by atoms with Crippen LogP contribution in [0.3, 0.4) is 0 Å². The van der Waals surface area contributed by atoms with E-state index in [1.54, 1.807) is 0 Å². The van der Waals surface area contributed by atoms with Gasteiger partial charge in [-0.1, -0.05) is 59.7 Å². The van der Waals surface area contributed by atoms with Gasteiger partial charge in [-0.05, 0) is 32.0 Å². The molecule has 0 amide bonds. The van der Waals surface area contributed by atoms with Gasteiger partial charge in [0.1, 0.15) is 0 Å². The summed E-state index contributed by atoms with van der Waals surface area (Å²) in [5.41, 5.74) is 5.21.